The molecule has 0 radical (unpaired) electrons. The first-order valence-electron chi connectivity index (χ1n) is 9.63. The monoisotopic (exact) mass is 444 g/mol. The van der Waals surface area contributed by atoms with E-state index in [2.05, 4.69) is 10.6 Å². The van der Waals surface area contributed by atoms with Crippen LogP contribution in [0.15, 0.2) is 36.4 Å². The van der Waals surface area contributed by atoms with E-state index in [4.69, 9.17) is 19.7 Å². The van der Waals surface area contributed by atoms with Crippen LogP contribution in [0.5, 0.6) is 11.5 Å². The Labute approximate surface area is 184 Å². The molecule has 0 heterocycles. The number of benzene rings is 2. The zero-order valence-electron chi connectivity index (χ0n) is 17.6. The number of rotatable bonds is 11. The fourth-order valence-corrected chi connectivity index (χ4v) is 2.81. The van der Waals surface area contributed by atoms with E-state index in [0.29, 0.717) is 22.9 Å². The summed E-state index contributed by atoms with van der Waals surface area (Å²) in [5, 5.41) is 22.6. The van der Waals surface area contributed by atoms with Gasteiger partial charge in [0.15, 0.2) is 0 Å². The van der Waals surface area contributed by atoms with Crippen LogP contribution in [0.1, 0.15) is 25.7 Å². The number of nitrogens with one attached hydrogen (secondary N) is 2. The maximum absolute atomic E-state index is 11.9. The normalized spacial score (nSPS) is 10.2. The Kier molecular flexibility index (Phi) is 8.58. The molecule has 2 amide bonds. The lowest BCUT2D eigenvalue weighted by Crippen LogP contribution is -2.14. The predicted molar refractivity (Wildman–Crippen MR) is 116 cm³/mol. The number of aliphatic carboxylic acids is 2. The molecule has 0 bridgehead atoms. The first-order chi connectivity index (χ1) is 15.2. The van der Waals surface area contributed by atoms with Gasteiger partial charge in [0, 0.05) is 12.8 Å². The minimum absolute atomic E-state index is 0.156. The molecule has 0 aliphatic carbocycles. The first-order valence-corrected chi connectivity index (χ1v) is 9.63. The van der Waals surface area contributed by atoms with Crippen LogP contribution < -0.4 is 20.1 Å². The molecule has 0 aromatic heterocycles. The smallest absolute Gasteiger partial charge is 0.303 e. The second-order valence-corrected chi connectivity index (χ2v) is 6.71. The number of ether oxygens (including phenoxy) is 2. The number of hydrogen-bond donors (Lipinski definition) is 4. The van der Waals surface area contributed by atoms with Crippen LogP contribution in [-0.4, -0.2) is 48.2 Å². The van der Waals surface area contributed by atoms with Crippen LogP contribution in [0.3, 0.4) is 0 Å². The summed E-state index contributed by atoms with van der Waals surface area (Å²) in [6, 6.07) is 10.2. The average molecular weight is 444 g/mol. The molecule has 0 aliphatic heterocycles. The van der Waals surface area contributed by atoms with E-state index < -0.39 is 23.8 Å². The molecule has 0 unspecified atom stereocenters. The summed E-state index contributed by atoms with van der Waals surface area (Å²) in [7, 11) is 2.89. The number of carboxylic acid groups (broad SMARTS) is 2. The minimum atomic E-state index is -1.06. The second kappa shape index (κ2) is 11.3. The van der Waals surface area contributed by atoms with Crippen molar-refractivity contribution in [2.75, 3.05) is 24.9 Å². The predicted octanol–water partition coefficient (Wildman–Crippen LogP) is 2.98. The average Bonchev–Trinajstić information content (AvgIpc) is 2.76. The van der Waals surface area contributed by atoms with Crippen LogP contribution in [0.2, 0.25) is 0 Å². The number of carboxylic acids is 2. The van der Waals surface area contributed by atoms with Gasteiger partial charge in [0.05, 0.1) is 38.4 Å². The Hall–Kier alpha value is -4.08. The molecule has 2 aromatic rings. The highest BCUT2D eigenvalue weighted by Gasteiger charge is 2.14. The third-order valence-electron chi connectivity index (χ3n) is 4.42. The third-order valence-corrected chi connectivity index (χ3v) is 4.42. The van der Waals surface area contributed by atoms with Crippen molar-refractivity contribution >= 4 is 35.1 Å². The number of anilines is 2. The molecule has 2 rings (SSSR count). The Morgan fingerprint density at radius 1 is 0.688 bits per heavy atom. The van der Waals surface area contributed by atoms with Gasteiger partial charge in [-0.05, 0) is 35.4 Å². The number of hydrogen-bond acceptors (Lipinski definition) is 6. The Morgan fingerprint density at radius 3 is 1.38 bits per heavy atom. The van der Waals surface area contributed by atoms with E-state index in [1.54, 1.807) is 36.4 Å². The van der Waals surface area contributed by atoms with Crippen LogP contribution in [0.25, 0.3) is 11.1 Å². The topological polar surface area (TPSA) is 151 Å². The molecule has 0 aliphatic rings. The van der Waals surface area contributed by atoms with Crippen LogP contribution in [0.4, 0.5) is 11.4 Å². The van der Waals surface area contributed by atoms with Crippen molar-refractivity contribution in [1.29, 1.82) is 0 Å². The van der Waals surface area contributed by atoms with Crippen LogP contribution in [0, 0.1) is 0 Å². The molecule has 170 valence electrons. The molecule has 32 heavy (non-hydrogen) atoms. The molecular formula is C22H24N2O8. The van der Waals surface area contributed by atoms with Gasteiger partial charge >= 0.3 is 11.9 Å². The van der Waals surface area contributed by atoms with Gasteiger partial charge in [0.2, 0.25) is 11.8 Å². The second-order valence-electron chi connectivity index (χ2n) is 6.71. The molecule has 0 spiro atoms. The molecule has 0 saturated heterocycles. The minimum Gasteiger partial charge on any atom is -0.495 e. The van der Waals surface area contributed by atoms with E-state index in [0.717, 1.165) is 11.1 Å². The Bertz CT molecular complexity index is 937. The molecule has 10 nitrogen and oxygen atoms in total. The van der Waals surface area contributed by atoms with Gasteiger partial charge < -0.3 is 30.3 Å². The maximum Gasteiger partial charge on any atom is 0.303 e. The van der Waals surface area contributed by atoms with Crippen molar-refractivity contribution in [2.45, 2.75) is 25.7 Å². The quantitative estimate of drug-likeness (QED) is 0.413. The van der Waals surface area contributed by atoms with Gasteiger partial charge in [-0.25, -0.2) is 0 Å². The van der Waals surface area contributed by atoms with Crippen molar-refractivity contribution in [3.63, 3.8) is 0 Å². The molecular weight excluding hydrogens is 420 g/mol. The van der Waals surface area contributed by atoms with E-state index in [1.165, 1.54) is 14.2 Å². The summed E-state index contributed by atoms with van der Waals surface area (Å²) in [4.78, 5) is 45.1. The van der Waals surface area contributed by atoms with Gasteiger partial charge in [-0.2, -0.15) is 0 Å². The third kappa shape index (κ3) is 7.01. The lowest BCUT2D eigenvalue weighted by atomic mass is 10.0. The van der Waals surface area contributed by atoms with E-state index in [1.807, 2.05) is 0 Å². The van der Waals surface area contributed by atoms with Gasteiger partial charge in [-0.3, -0.25) is 19.2 Å². The molecule has 4 N–H and O–H groups in total. The molecule has 0 fully saturated rings. The summed E-state index contributed by atoms with van der Waals surface area (Å²) >= 11 is 0. The van der Waals surface area contributed by atoms with E-state index >= 15 is 0 Å². The number of methoxy groups -OCH3 is 2. The summed E-state index contributed by atoms with van der Waals surface area (Å²) in [5.41, 5.74) is 2.29. The van der Waals surface area contributed by atoms with E-state index in [-0.39, 0.29) is 25.7 Å². The summed E-state index contributed by atoms with van der Waals surface area (Å²) in [6.07, 6.45) is -0.857. The van der Waals surface area contributed by atoms with Gasteiger partial charge in [0.1, 0.15) is 11.5 Å². The fourth-order valence-electron chi connectivity index (χ4n) is 2.81. The van der Waals surface area contributed by atoms with Crippen LogP contribution >= 0.6 is 0 Å². The van der Waals surface area contributed by atoms with Crippen molar-refractivity contribution in [3.05, 3.63) is 36.4 Å². The van der Waals surface area contributed by atoms with Gasteiger partial charge in [0.25, 0.3) is 0 Å². The summed E-state index contributed by atoms with van der Waals surface area (Å²) in [5.74, 6) is -2.23. The first kappa shape index (κ1) is 24.2. The zero-order chi connectivity index (χ0) is 23.7. The van der Waals surface area contributed by atoms with Crippen molar-refractivity contribution in [3.8, 4) is 22.6 Å². The van der Waals surface area contributed by atoms with E-state index in [9.17, 15) is 19.2 Å². The summed E-state index contributed by atoms with van der Waals surface area (Å²) in [6.45, 7) is 0. The highest BCUT2D eigenvalue weighted by molar-refractivity contribution is 5.95. The highest BCUT2D eigenvalue weighted by Crippen LogP contribution is 2.35. The SMILES string of the molecule is COc1cc(-c2ccc(NC(=O)CCC(=O)O)c(OC)c2)ccc1NC(=O)CCC(=O)O. The van der Waals surface area contributed by atoms with Gasteiger partial charge in [-0.1, -0.05) is 12.1 Å². The largest absolute Gasteiger partial charge is 0.495 e. The molecule has 10 heteroatoms. The number of carbonyl (C=O) groups excluding carboxylic acids is 2. The standard InChI is InChI=1S/C22H24N2O8/c1-31-17-11-13(3-5-15(17)23-19(25)7-9-21(27)28)14-4-6-16(18(12-14)32-2)24-20(26)8-10-22(29)30/h3-6,11-12H,7-10H2,1-2H3,(H,23,25)(H,24,26)(H,27,28)(H,29,30). The molecule has 0 atom stereocenters. The molecule has 0 saturated carbocycles. The molecule has 2 aromatic carbocycles. The van der Waals surface area contributed by atoms with Crippen molar-refractivity contribution in [1.82, 2.24) is 0 Å². The number of amides is 2. The van der Waals surface area contributed by atoms with Crippen molar-refractivity contribution < 1.29 is 38.9 Å². The number of carbonyl (C=O) groups is 4. The Morgan fingerprint density at radius 2 is 1.06 bits per heavy atom. The lowest BCUT2D eigenvalue weighted by molar-refractivity contribution is -0.138. The van der Waals surface area contributed by atoms with Crippen LogP contribution in [-0.2, 0) is 19.2 Å². The fraction of sp³-hybridized carbons (Fsp3) is 0.273. The lowest BCUT2D eigenvalue weighted by Gasteiger charge is -2.14. The van der Waals surface area contributed by atoms with Crippen molar-refractivity contribution in [2.24, 2.45) is 0 Å². The zero-order valence-corrected chi connectivity index (χ0v) is 17.6. The highest BCUT2D eigenvalue weighted by atomic mass is 16.5. The Balaban J connectivity index is 2.20. The summed E-state index contributed by atoms with van der Waals surface area (Å²) < 4.78 is 10.7. The van der Waals surface area contributed by atoms with Gasteiger partial charge in [-0.15, -0.1) is 0 Å². The maximum atomic E-state index is 11.9.